The molecule has 3 N–H and O–H groups in total. The van der Waals surface area contributed by atoms with Crippen LogP contribution in [0, 0.1) is 13.8 Å². The summed E-state index contributed by atoms with van der Waals surface area (Å²) < 4.78 is 1.27. The quantitative estimate of drug-likeness (QED) is 0.435. The summed E-state index contributed by atoms with van der Waals surface area (Å²) in [4.78, 5) is 29.1. The highest BCUT2D eigenvalue weighted by molar-refractivity contribution is 7.17. The topological polar surface area (TPSA) is 90.0 Å². The summed E-state index contributed by atoms with van der Waals surface area (Å²) in [6, 6.07) is 6.10. The van der Waals surface area contributed by atoms with E-state index in [1.807, 2.05) is 36.8 Å². The largest absolute Gasteiger partial charge is 0.293 e. The number of nitrogens with one attached hydrogen (secondary N) is 1. The molecule has 0 unspecified atom stereocenters. The van der Waals surface area contributed by atoms with Crippen molar-refractivity contribution >= 4 is 27.5 Å². The number of aromatic nitrogens is 2. The molecule has 1 aromatic carbocycles. The minimum atomic E-state index is -0.448. The van der Waals surface area contributed by atoms with Gasteiger partial charge in [0.25, 0.3) is 11.5 Å². The lowest BCUT2D eigenvalue weighted by molar-refractivity contribution is -0.121. The second kappa shape index (κ2) is 5.94. The summed E-state index contributed by atoms with van der Waals surface area (Å²) in [7, 11) is 0. The Morgan fingerprint density at radius 1 is 1.35 bits per heavy atom. The molecule has 0 bridgehead atoms. The third-order valence-corrected chi connectivity index (χ3v) is 4.59. The normalized spacial score (nSPS) is 10.9. The summed E-state index contributed by atoms with van der Waals surface area (Å²) in [6.07, 6.45) is 1.38. The summed E-state index contributed by atoms with van der Waals surface area (Å²) in [5.41, 5.74) is 5.89. The Bertz CT molecular complexity index is 958. The van der Waals surface area contributed by atoms with Crippen molar-refractivity contribution in [3.63, 3.8) is 0 Å². The van der Waals surface area contributed by atoms with Gasteiger partial charge in [-0.3, -0.25) is 19.6 Å². The van der Waals surface area contributed by atoms with Crippen LogP contribution in [0.3, 0.4) is 0 Å². The van der Waals surface area contributed by atoms with Gasteiger partial charge in [0.05, 0.1) is 11.7 Å². The van der Waals surface area contributed by atoms with Crippen molar-refractivity contribution in [1.29, 1.82) is 0 Å². The highest BCUT2D eigenvalue weighted by Crippen LogP contribution is 2.32. The fraction of sp³-hybridized carbons (Fsp3) is 0.188. The first-order valence-electron chi connectivity index (χ1n) is 7.05. The van der Waals surface area contributed by atoms with E-state index in [0.29, 0.717) is 10.2 Å². The van der Waals surface area contributed by atoms with Crippen molar-refractivity contribution in [2.24, 2.45) is 5.84 Å². The van der Waals surface area contributed by atoms with Crippen molar-refractivity contribution in [2.45, 2.75) is 20.4 Å². The van der Waals surface area contributed by atoms with Gasteiger partial charge in [0.2, 0.25) is 0 Å². The van der Waals surface area contributed by atoms with E-state index < -0.39 is 5.91 Å². The molecule has 2 aromatic heterocycles. The second-order valence-electron chi connectivity index (χ2n) is 5.39. The molecular formula is C16H16N4O2S. The highest BCUT2D eigenvalue weighted by atomic mass is 32.1. The molecule has 0 aliphatic heterocycles. The maximum atomic E-state index is 12.7. The number of carbonyl (C=O) groups is 1. The van der Waals surface area contributed by atoms with Crippen LogP contribution in [0.2, 0.25) is 0 Å². The van der Waals surface area contributed by atoms with Crippen molar-refractivity contribution in [3.05, 3.63) is 51.4 Å². The van der Waals surface area contributed by atoms with E-state index in [-0.39, 0.29) is 12.1 Å². The molecule has 118 valence electrons. The van der Waals surface area contributed by atoms with Gasteiger partial charge < -0.3 is 0 Å². The van der Waals surface area contributed by atoms with Crippen LogP contribution >= 0.6 is 11.3 Å². The van der Waals surface area contributed by atoms with Crippen LogP contribution in [0.5, 0.6) is 0 Å². The number of aryl methyl sites for hydroxylation is 2. The first kappa shape index (κ1) is 15.4. The Balaban J connectivity index is 2.21. The predicted octanol–water partition coefficient (Wildman–Crippen LogP) is 1.73. The summed E-state index contributed by atoms with van der Waals surface area (Å²) >= 11 is 1.42. The Hall–Kier alpha value is -2.51. The maximum absolute atomic E-state index is 12.7. The van der Waals surface area contributed by atoms with Gasteiger partial charge in [-0.2, -0.15) is 0 Å². The molecule has 0 fully saturated rings. The summed E-state index contributed by atoms with van der Waals surface area (Å²) in [5.74, 6) is 4.64. The second-order valence-corrected chi connectivity index (χ2v) is 6.25. The van der Waals surface area contributed by atoms with E-state index in [0.717, 1.165) is 16.7 Å². The molecule has 0 radical (unpaired) electrons. The fourth-order valence-corrected chi connectivity index (χ4v) is 3.49. The molecule has 0 aliphatic carbocycles. The van der Waals surface area contributed by atoms with Gasteiger partial charge in [-0.25, -0.2) is 10.8 Å². The van der Waals surface area contributed by atoms with Gasteiger partial charge in [-0.1, -0.05) is 23.8 Å². The van der Waals surface area contributed by atoms with Gasteiger partial charge in [0.1, 0.15) is 11.4 Å². The molecule has 0 atom stereocenters. The minimum Gasteiger partial charge on any atom is -0.293 e. The van der Waals surface area contributed by atoms with E-state index in [9.17, 15) is 9.59 Å². The number of nitrogens with zero attached hydrogens (tertiary/aromatic N) is 2. The molecule has 3 rings (SSSR count). The lowest BCUT2D eigenvalue weighted by Crippen LogP contribution is -2.36. The number of hydrogen-bond donors (Lipinski definition) is 2. The number of fused-ring (bicyclic) bond motifs is 1. The van der Waals surface area contributed by atoms with Crippen molar-refractivity contribution in [1.82, 2.24) is 15.0 Å². The van der Waals surface area contributed by atoms with Gasteiger partial charge in [-0.15, -0.1) is 11.3 Å². The summed E-state index contributed by atoms with van der Waals surface area (Å²) in [5, 5.41) is 2.47. The molecule has 6 nitrogen and oxygen atoms in total. The third kappa shape index (κ3) is 2.76. The molecule has 2 heterocycles. The molecule has 3 aromatic rings. The van der Waals surface area contributed by atoms with Gasteiger partial charge >= 0.3 is 0 Å². The van der Waals surface area contributed by atoms with Crippen molar-refractivity contribution < 1.29 is 4.79 Å². The number of carbonyl (C=O) groups excluding carboxylic acids is 1. The lowest BCUT2D eigenvalue weighted by Gasteiger charge is -2.07. The van der Waals surface area contributed by atoms with E-state index in [4.69, 9.17) is 5.84 Å². The maximum Gasteiger partial charge on any atom is 0.263 e. The monoisotopic (exact) mass is 328 g/mol. The first-order valence-corrected chi connectivity index (χ1v) is 7.93. The van der Waals surface area contributed by atoms with Crippen LogP contribution in [0.25, 0.3) is 21.3 Å². The van der Waals surface area contributed by atoms with Crippen molar-refractivity contribution in [3.8, 4) is 11.1 Å². The number of nitrogens with two attached hydrogens (primary N) is 1. The Morgan fingerprint density at radius 3 is 2.83 bits per heavy atom. The SMILES string of the molecule is Cc1ccc(-c2csc3ncn(CC(=O)NN)c(=O)c23)c(C)c1. The van der Waals surface area contributed by atoms with Crippen molar-refractivity contribution in [2.75, 3.05) is 0 Å². The lowest BCUT2D eigenvalue weighted by atomic mass is 9.99. The zero-order chi connectivity index (χ0) is 16.6. The number of thiophene rings is 1. The van der Waals surface area contributed by atoms with E-state index in [1.165, 1.54) is 27.8 Å². The van der Waals surface area contributed by atoms with E-state index in [2.05, 4.69) is 11.1 Å². The number of hydrogen-bond acceptors (Lipinski definition) is 5. The van der Waals surface area contributed by atoms with Gasteiger partial charge in [0.15, 0.2) is 0 Å². The number of rotatable bonds is 3. The molecular weight excluding hydrogens is 312 g/mol. The Kier molecular flexibility index (Phi) is 3.97. The van der Waals surface area contributed by atoms with Crippen LogP contribution in [0.15, 0.2) is 34.7 Å². The third-order valence-electron chi connectivity index (χ3n) is 3.71. The highest BCUT2D eigenvalue weighted by Gasteiger charge is 2.15. The Morgan fingerprint density at radius 2 is 2.13 bits per heavy atom. The zero-order valence-electron chi connectivity index (χ0n) is 12.8. The molecule has 7 heteroatoms. The molecule has 23 heavy (non-hydrogen) atoms. The standard InChI is InChI=1S/C16H16N4O2S/c1-9-3-4-11(10(2)5-9)12-7-23-15-14(12)16(22)20(8-18-15)6-13(21)19-17/h3-5,7-8H,6,17H2,1-2H3,(H,19,21). The minimum absolute atomic E-state index is 0.152. The van der Waals surface area contributed by atoms with Crippen LogP contribution in [-0.2, 0) is 11.3 Å². The van der Waals surface area contributed by atoms with Crippen LogP contribution in [-0.4, -0.2) is 15.5 Å². The average Bonchev–Trinajstić information content (AvgIpc) is 2.94. The molecule has 0 aliphatic rings. The molecule has 0 saturated carbocycles. The predicted molar refractivity (Wildman–Crippen MR) is 91.1 cm³/mol. The average molecular weight is 328 g/mol. The van der Waals surface area contributed by atoms with Crippen LogP contribution in [0.4, 0.5) is 0 Å². The fourth-order valence-electron chi connectivity index (χ4n) is 2.59. The summed E-state index contributed by atoms with van der Waals surface area (Å²) in [6.45, 7) is 3.89. The van der Waals surface area contributed by atoms with Gasteiger partial charge in [0, 0.05) is 10.9 Å². The van der Waals surface area contributed by atoms with Crippen LogP contribution < -0.4 is 16.8 Å². The molecule has 0 saturated heterocycles. The smallest absolute Gasteiger partial charge is 0.263 e. The first-order chi connectivity index (χ1) is 11.0. The van der Waals surface area contributed by atoms with E-state index >= 15 is 0 Å². The van der Waals surface area contributed by atoms with E-state index in [1.54, 1.807) is 0 Å². The Labute approximate surface area is 136 Å². The van der Waals surface area contributed by atoms with Crippen LogP contribution in [0.1, 0.15) is 11.1 Å². The molecule has 1 amide bonds. The number of hydrazine groups is 1. The number of benzene rings is 1. The van der Waals surface area contributed by atoms with Gasteiger partial charge in [-0.05, 0) is 25.0 Å². The zero-order valence-corrected chi connectivity index (χ0v) is 13.6. The molecule has 0 spiro atoms. The number of amides is 1.